The number of aliphatic hydroxyl groups is 2. The third-order valence-corrected chi connectivity index (χ3v) is 3.60. The van der Waals surface area contributed by atoms with Gasteiger partial charge in [0.1, 0.15) is 6.10 Å². The average molecular weight is 227 g/mol. The second-order valence-corrected chi connectivity index (χ2v) is 5.19. The summed E-state index contributed by atoms with van der Waals surface area (Å²) < 4.78 is 0. The Balaban J connectivity index is 2.37. The van der Waals surface area contributed by atoms with Gasteiger partial charge in [-0.2, -0.15) is 0 Å². The zero-order chi connectivity index (χ0) is 12.1. The molecule has 0 aromatic carbocycles. The molecule has 0 aromatic rings. The Morgan fingerprint density at radius 2 is 1.88 bits per heavy atom. The monoisotopic (exact) mass is 227 g/mol. The van der Waals surface area contributed by atoms with Crippen molar-refractivity contribution in [2.75, 3.05) is 0 Å². The van der Waals surface area contributed by atoms with Crippen LogP contribution in [-0.2, 0) is 0 Å². The lowest BCUT2D eigenvalue weighted by Crippen LogP contribution is -2.44. The van der Waals surface area contributed by atoms with Crippen LogP contribution in [0.3, 0.4) is 0 Å². The van der Waals surface area contributed by atoms with Gasteiger partial charge >= 0.3 is 0 Å². The molecule has 0 spiro atoms. The van der Waals surface area contributed by atoms with Gasteiger partial charge in [-0.3, -0.25) is 0 Å². The van der Waals surface area contributed by atoms with Crippen LogP contribution >= 0.6 is 0 Å². The molecule has 0 heterocycles. The summed E-state index contributed by atoms with van der Waals surface area (Å²) in [6.07, 6.45) is 5.34. The van der Waals surface area contributed by atoms with E-state index in [0.29, 0.717) is 11.5 Å². The van der Waals surface area contributed by atoms with Crippen molar-refractivity contribution < 1.29 is 10.2 Å². The molecule has 0 amide bonds. The molecule has 0 saturated heterocycles. The van der Waals surface area contributed by atoms with Crippen LogP contribution < -0.4 is 5.73 Å². The lowest BCUT2D eigenvalue weighted by molar-refractivity contribution is 0.0186. The molecule has 4 N–H and O–H groups in total. The van der Waals surface area contributed by atoms with Gasteiger partial charge in [-0.05, 0) is 24.8 Å². The van der Waals surface area contributed by atoms with Crippen LogP contribution in [0.15, 0.2) is 12.2 Å². The van der Waals surface area contributed by atoms with Crippen molar-refractivity contribution in [2.45, 2.75) is 63.7 Å². The van der Waals surface area contributed by atoms with Crippen LogP contribution in [0.4, 0.5) is 0 Å². The van der Waals surface area contributed by atoms with E-state index < -0.39 is 12.2 Å². The first kappa shape index (κ1) is 13.7. The van der Waals surface area contributed by atoms with E-state index in [2.05, 4.69) is 6.58 Å². The van der Waals surface area contributed by atoms with Crippen molar-refractivity contribution in [3.05, 3.63) is 12.2 Å². The van der Waals surface area contributed by atoms with Crippen LogP contribution in [0.25, 0.3) is 0 Å². The maximum absolute atomic E-state index is 9.85. The molecule has 0 aromatic heterocycles. The minimum atomic E-state index is -0.890. The number of aliphatic hydroxyl groups excluding tert-OH is 2. The van der Waals surface area contributed by atoms with Gasteiger partial charge in [0.05, 0.1) is 6.10 Å². The summed E-state index contributed by atoms with van der Waals surface area (Å²) in [5.74, 6) is 0.621. The standard InChI is InChI=1S/C13H25NO2/c1-9(2)12(15)13(16)11(14)8-10-6-4-3-5-7-10/h10-13,15-16H,1,3-8,14H2,2H3/t11-,12-,13+/m0/s1. The highest BCUT2D eigenvalue weighted by Gasteiger charge is 2.26. The van der Waals surface area contributed by atoms with Gasteiger partial charge < -0.3 is 15.9 Å². The molecule has 3 heteroatoms. The molecule has 94 valence electrons. The fourth-order valence-corrected chi connectivity index (χ4v) is 2.47. The number of rotatable bonds is 5. The summed E-state index contributed by atoms with van der Waals surface area (Å²) in [7, 11) is 0. The van der Waals surface area contributed by atoms with Crippen LogP contribution in [0.2, 0.25) is 0 Å². The second kappa shape index (κ2) is 6.38. The first-order valence-corrected chi connectivity index (χ1v) is 6.29. The van der Waals surface area contributed by atoms with Crippen LogP contribution in [-0.4, -0.2) is 28.5 Å². The lowest BCUT2D eigenvalue weighted by atomic mass is 9.83. The first-order valence-electron chi connectivity index (χ1n) is 6.29. The predicted octanol–water partition coefficient (Wildman–Crippen LogP) is 1.58. The van der Waals surface area contributed by atoms with Gasteiger partial charge in [-0.15, -0.1) is 0 Å². The zero-order valence-corrected chi connectivity index (χ0v) is 10.2. The second-order valence-electron chi connectivity index (χ2n) is 5.19. The largest absolute Gasteiger partial charge is 0.388 e. The molecule has 0 unspecified atom stereocenters. The first-order chi connectivity index (χ1) is 7.52. The maximum atomic E-state index is 9.85. The van der Waals surface area contributed by atoms with E-state index in [1.807, 2.05) is 0 Å². The van der Waals surface area contributed by atoms with E-state index >= 15 is 0 Å². The summed E-state index contributed by atoms with van der Waals surface area (Å²) in [6.45, 7) is 5.35. The summed E-state index contributed by atoms with van der Waals surface area (Å²) in [5.41, 5.74) is 6.51. The van der Waals surface area contributed by atoms with Crippen LogP contribution in [0, 0.1) is 5.92 Å². The van der Waals surface area contributed by atoms with Crippen molar-refractivity contribution >= 4 is 0 Å². The van der Waals surface area contributed by atoms with E-state index in [9.17, 15) is 10.2 Å². The highest BCUT2D eigenvalue weighted by Crippen LogP contribution is 2.28. The molecule has 0 radical (unpaired) electrons. The fraction of sp³-hybridized carbons (Fsp3) is 0.846. The molecule has 1 rings (SSSR count). The molecule has 0 aliphatic heterocycles. The summed E-state index contributed by atoms with van der Waals surface area (Å²) >= 11 is 0. The Hall–Kier alpha value is -0.380. The van der Waals surface area contributed by atoms with Gasteiger partial charge in [0.15, 0.2) is 0 Å². The van der Waals surface area contributed by atoms with Crippen LogP contribution in [0.5, 0.6) is 0 Å². The van der Waals surface area contributed by atoms with Crippen molar-refractivity contribution in [3.8, 4) is 0 Å². The number of hydrogen-bond acceptors (Lipinski definition) is 3. The molecule has 3 atom stereocenters. The minimum absolute atomic E-state index is 0.338. The van der Waals surface area contributed by atoms with Crippen molar-refractivity contribution in [3.63, 3.8) is 0 Å². The van der Waals surface area contributed by atoms with E-state index in [-0.39, 0.29) is 6.04 Å². The van der Waals surface area contributed by atoms with E-state index in [1.165, 1.54) is 32.1 Å². The molecule has 1 aliphatic carbocycles. The SMILES string of the molecule is C=C(C)[C@H](O)[C@H](O)[C@@H](N)CC1CCCCC1. The Morgan fingerprint density at radius 3 is 2.38 bits per heavy atom. The van der Waals surface area contributed by atoms with Gasteiger partial charge in [0, 0.05) is 6.04 Å². The average Bonchev–Trinajstić information content (AvgIpc) is 2.28. The van der Waals surface area contributed by atoms with Crippen molar-refractivity contribution in [2.24, 2.45) is 11.7 Å². The molecule has 1 fully saturated rings. The Kier molecular flexibility index (Phi) is 5.46. The quantitative estimate of drug-likeness (QED) is 0.625. The van der Waals surface area contributed by atoms with Crippen molar-refractivity contribution in [1.82, 2.24) is 0 Å². The molecular weight excluding hydrogens is 202 g/mol. The van der Waals surface area contributed by atoms with Gasteiger partial charge in [-0.25, -0.2) is 0 Å². The summed E-state index contributed by atoms with van der Waals surface area (Å²) in [6, 6.07) is -0.338. The smallest absolute Gasteiger partial charge is 0.102 e. The van der Waals surface area contributed by atoms with E-state index in [1.54, 1.807) is 6.92 Å². The van der Waals surface area contributed by atoms with Crippen molar-refractivity contribution in [1.29, 1.82) is 0 Å². The number of hydrogen-bond donors (Lipinski definition) is 3. The third-order valence-electron chi connectivity index (χ3n) is 3.60. The highest BCUT2D eigenvalue weighted by molar-refractivity contribution is 5.02. The fourth-order valence-electron chi connectivity index (χ4n) is 2.47. The highest BCUT2D eigenvalue weighted by atomic mass is 16.3. The lowest BCUT2D eigenvalue weighted by Gasteiger charge is -2.29. The molecule has 0 bridgehead atoms. The zero-order valence-electron chi connectivity index (χ0n) is 10.2. The minimum Gasteiger partial charge on any atom is -0.388 e. The summed E-state index contributed by atoms with van der Waals surface area (Å²) in [4.78, 5) is 0. The van der Waals surface area contributed by atoms with E-state index in [0.717, 1.165) is 6.42 Å². The van der Waals surface area contributed by atoms with Gasteiger partial charge in [-0.1, -0.05) is 38.7 Å². The van der Waals surface area contributed by atoms with Gasteiger partial charge in [0.25, 0.3) is 0 Å². The Morgan fingerprint density at radius 1 is 1.31 bits per heavy atom. The van der Waals surface area contributed by atoms with Gasteiger partial charge in [0.2, 0.25) is 0 Å². The predicted molar refractivity (Wildman–Crippen MR) is 66.0 cm³/mol. The topological polar surface area (TPSA) is 66.5 Å². The molecular formula is C13H25NO2. The van der Waals surface area contributed by atoms with E-state index in [4.69, 9.17) is 5.73 Å². The Bertz CT molecular complexity index is 224. The number of nitrogens with two attached hydrogens (primary N) is 1. The third kappa shape index (κ3) is 3.89. The maximum Gasteiger partial charge on any atom is 0.102 e. The molecule has 1 aliphatic rings. The molecule has 16 heavy (non-hydrogen) atoms. The summed E-state index contributed by atoms with van der Waals surface area (Å²) in [5, 5.41) is 19.5. The Labute approximate surface area is 98.4 Å². The normalized spacial score (nSPS) is 23.8. The molecule has 1 saturated carbocycles. The van der Waals surface area contributed by atoms with Crippen LogP contribution in [0.1, 0.15) is 45.4 Å². The molecule has 3 nitrogen and oxygen atoms in total.